The van der Waals surface area contributed by atoms with Gasteiger partial charge in [0, 0.05) is 25.8 Å². The van der Waals surface area contributed by atoms with Gasteiger partial charge in [0.05, 0.1) is 45.0 Å². The van der Waals surface area contributed by atoms with Crippen LogP contribution in [0.3, 0.4) is 0 Å². The molecule has 0 aliphatic rings. The van der Waals surface area contributed by atoms with Crippen molar-refractivity contribution in [2.24, 2.45) is 0 Å². The highest BCUT2D eigenvalue weighted by molar-refractivity contribution is 5.79. The smallest absolute Gasteiger partial charge is 0.262 e. The summed E-state index contributed by atoms with van der Waals surface area (Å²) in [7, 11) is 1.89. The maximum Gasteiger partial charge on any atom is 0.262 e. The maximum atomic E-state index is 11.9. The van der Waals surface area contributed by atoms with Crippen LogP contribution in [0, 0.1) is 0 Å². The third-order valence-corrected chi connectivity index (χ3v) is 3.62. The van der Waals surface area contributed by atoms with Crippen LogP contribution in [0.2, 0.25) is 0 Å². The second kappa shape index (κ2) is 11.6. The number of nitrogens with zero attached hydrogens (tertiary/aromatic N) is 1. The molecule has 146 valence electrons. The van der Waals surface area contributed by atoms with Crippen LogP contribution < -0.4 is 21.9 Å². The second-order valence-electron chi connectivity index (χ2n) is 5.61. The molecule has 0 aliphatic carbocycles. The summed E-state index contributed by atoms with van der Waals surface area (Å²) in [5.41, 5.74) is 6.61. The summed E-state index contributed by atoms with van der Waals surface area (Å²) < 4.78 is 16.2. The summed E-state index contributed by atoms with van der Waals surface area (Å²) in [6, 6.07) is 0. The summed E-state index contributed by atoms with van der Waals surface area (Å²) in [5, 5.41) is 6.76. The summed E-state index contributed by atoms with van der Waals surface area (Å²) in [5.74, 6) is 0.101. The van der Waals surface area contributed by atoms with Gasteiger partial charge in [-0.2, -0.15) is 4.98 Å². The van der Waals surface area contributed by atoms with Crippen LogP contribution in [-0.4, -0.2) is 74.7 Å². The quantitative estimate of drug-likeness (QED) is 0.273. The van der Waals surface area contributed by atoms with Gasteiger partial charge in [0.2, 0.25) is 5.95 Å². The van der Waals surface area contributed by atoms with Gasteiger partial charge in [0.25, 0.3) is 5.56 Å². The Labute approximate surface area is 151 Å². The first-order chi connectivity index (χ1) is 12.7. The molecule has 0 radical (unpaired) electrons. The van der Waals surface area contributed by atoms with Gasteiger partial charge in [-0.15, -0.1) is 0 Å². The molecule has 10 nitrogen and oxygen atoms in total. The van der Waals surface area contributed by atoms with E-state index in [1.54, 1.807) is 6.20 Å². The number of aromatic nitrogens is 3. The molecule has 0 aromatic carbocycles. The minimum absolute atomic E-state index is 0.101. The number of nitrogens with one attached hydrogen (secondary N) is 4. The van der Waals surface area contributed by atoms with Gasteiger partial charge in [-0.25, -0.2) is 0 Å². The van der Waals surface area contributed by atoms with Crippen LogP contribution in [0.4, 0.5) is 5.95 Å². The minimum atomic E-state index is -0.242. The molecule has 0 spiro atoms. The van der Waals surface area contributed by atoms with E-state index in [2.05, 4.69) is 25.6 Å². The lowest BCUT2D eigenvalue weighted by Crippen LogP contribution is -2.21. The van der Waals surface area contributed by atoms with Gasteiger partial charge in [-0.1, -0.05) is 0 Å². The third kappa shape index (κ3) is 6.73. The van der Waals surface area contributed by atoms with Gasteiger partial charge >= 0.3 is 0 Å². The van der Waals surface area contributed by atoms with Crippen LogP contribution in [0.1, 0.15) is 5.56 Å². The van der Waals surface area contributed by atoms with Gasteiger partial charge in [0.15, 0.2) is 0 Å². The zero-order chi connectivity index (χ0) is 18.6. The molecule has 0 amide bonds. The fraction of sp³-hybridized carbons (Fsp3) is 0.625. The third-order valence-electron chi connectivity index (χ3n) is 3.62. The average molecular weight is 368 g/mol. The number of aromatic amines is 2. The molecular formula is C16H28N6O4. The average Bonchev–Trinajstić information content (AvgIpc) is 3.02. The molecule has 0 aliphatic heterocycles. The van der Waals surface area contributed by atoms with Crippen LogP contribution in [0.15, 0.2) is 11.0 Å². The molecule has 2 aromatic heterocycles. The Morgan fingerprint density at radius 3 is 2.42 bits per heavy atom. The zero-order valence-electron chi connectivity index (χ0n) is 15.1. The fourth-order valence-electron chi connectivity index (χ4n) is 2.34. The first-order valence-corrected chi connectivity index (χ1v) is 8.66. The van der Waals surface area contributed by atoms with E-state index in [9.17, 15) is 4.79 Å². The van der Waals surface area contributed by atoms with Crippen molar-refractivity contribution in [2.45, 2.75) is 6.54 Å². The highest BCUT2D eigenvalue weighted by Crippen LogP contribution is 2.11. The van der Waals surface area contributed by atoms with E-state index in [-0.39, 0.29) is 11.5 Å². The van der Waals surface area contributed by atoms with E-state index in [1.165, 1.54) is 0 Å². The molecule has 0 saturated carbocycles. The highest BCUT2D eigenvalue weighted by atomic mass is 16.5. The van der Waals surface area contributed by atoms with Crippen molar-refractivity contribution < 1.29 is 14.2 Å². The predicted octanol–water partition coefficient (Wildman–Crippen LogP) is -0.808. The number of hydrogen-bond acceptors (Lipinski definition) is 8. The lowest BCUT2D eigenvalue weighted by molar-refractivity contribution is 0.0159. The van der Waals surface area contributed by atoms with E-state index < -0.39 is 0 Å². The Morgan fingerprint density at radius 1 is 1.08 bits per heavy atom. The Hall–Kier alpha value is -1.98. The summed E-state index contributed by atoms with van der Waals surface area (Å²) in [6.45, 7) is 5.53. The Kier molecular flexibility index (Phi) is 9.07. The first kappa shape index (κ1) is 20.3. The van der Waals surface area contributed by atoms with Crippen molar-refractivity contribution in [3.05, 3.63) is 22.1 Å². The normalized spacial score (nSPS) is 11.4. The highest BCUT2D eigenvalue weighted by Gasteiger charge is 2.09. The number of hydrogen-bond donors (Lipinski definition) is 5. The minimum Gasteiger partial charge on any atom is -0.378 e. The van der Waals surface area contributed by atoms with E-state index in [1.807, 2.05) is 7.05 Å². The standard InChI is InChI=1S/C16H28N6O4/c1-18-2-4-24-6-8-26-9-7-25-5-3-19-10-12-11-20-14-13(12)15(23)22-16(17)21-14/h11,18-19H,2-10H2,1H3,(H4,17,20,21,22,23). The fourth-order valence-corrected chi connectivity index (χ4v) is 2.34. The van der Waals surface area contributed by atoms with Gasteiger partial charge in [-0.05, 0) is 12.6 Å². The van der Waals surface area contributed by atoms with E-state index >= 15 is 0 Å². The number of anilines is 1. The van der Waals surface area contributed by atoms with Crippen LogP contribution in [0.5, 0.6) is 0 Å². The van der Waals surface area contributed by atoms with Crippen molar-refractivity contribution in [3.8, 4) is 0 Å². The largest absolute Gasteiger partial charge is 0.378 e. The van der Waals surface area contributed by atoms with E-state index in [4.69, 9.17) is 19.9 Å². The lowest BCUT2D eigenvalue weighted by atomic mass is 10.2. The number of likely N-dealkylation sites (N-methyl/N-ethyl adjacent to an activating group) is 1. The molecule has 2 aromatic rings. The summed E-state index contributed by atoms with van der Waals surface area (Å²) in [4.78, 5) is 21.5. The molecule has 0 fully saturated rings. The van der Waals surface area contributed by atoms with Gasteiger partial charge < -0.3 is 35.6 Å². The Bertz CT molecular complexity index is 702. The molecule has 0 atom stereocenters. The molecule has 0 saturated heterocycles. The molecule has 10 heteroatoms. The molecule has 0 bridgehead atoms. The molecule has 26 heavy (non-hydrogen) atoms. The van der Waals surface area contributed by atoms with E-state index in [0.29, 0.717) is 63.8 Å². The monoisotopic (exact) mass is 368 g/mol. The van der Waals surface area contributed by atoms with Crippen molar-refractivity contribution >= 4 is 17.0 Å². The number of nitrogens with two attached hydrogens (primary N) is 1. The molecular weight excluding hydrogens is 340 g/mol. The Balaban J connectivity index is 1.51. The van der Waals surface area contributed by atoms with Crippen LogP contribution in [0.25, 0.3) is 11.0 Å². The zero-order valence-corrected chi connectivity index (χ0v) is 15.1. The van der Waals surface area contributed by atoms with Crippen LogP contribution >= 0.6 is 0 Å². The lowest BCUT2D eigenvalue weighted by Gasteiger charge is -2.07. The van der Waals surface area contributed by atoms with Crippen molar-refractivity contribution in [1.29, 1.82) is 0 Å². The number of H-pyrrole nitrogens is 2. The van der Waals surface area contributed by atoms with Crippen molar-refractivity contribution in [1.82, 2.24) is 25.6 Å². The summed E-state index contributed by atoms with van der Waals surface area (Å²) in [6.07, 6.45) is 1.76. The maximum absolute atomic E-state index is 11.9. The number of ether oxygens (including phenoxy) is 3. The summed E-state index contributed by atoms with van der Waals surface area (Å²) >= 11 is 0. The second-order valence-corrected chi connectivity index (χ2v) is 5.61. The van der Waals surface area contributed by atoms with Crippen molar-refractivity contribution in [2.75, 3.05) is 65.5 Å². The number of fused-ring (bicyclic) bond motifs is 1. The molecule has 2 heterocycles. The molecule has 2 rings (SSSR count). The number of nitrogen functional groups attached to an aromatic ring is 1. The predicted molar refractivity (Wildman–Crippen MR) is 99.2 cm³/mol. The topological polar surface area (TPSA) is 139 Å². The molecule has 6 N–H and O–H groups in total. The van der Waals surface area contributed by atoms with E-state index in [0.717, 1.165) is 12.1 Å². The van der Waals surface area contributed by atoms with Gasteiger partial charge in [-0.3, -0.25) is 9.78 Å². The SMILES string of the molecule is CNCCOCCOCCOCCNCc1c[nH]c2nc(N)[nH]c(=O)c12. The Morgan fingerprint density at radius 2 is 1.73 bits per heavy atom. The van der Waals surface area contributed by atoms with Crippen molar-refractivity contribution in [3.63, 3.8) is 0 Å². The van der Waals surface area contributed by atoms with Gasteiger partial charge in [0.1, 0.15) is 5.65 Å². The number of rotatable bonds is 14. The first-order valence-electron chi connectivity index (χ1n) is 8.66. The van der Waals surface area contributed by atoms with Crippen LogP contribution in [-0.2, 0) is 20.8 Å². The molecule has 0 unspecified atom stereocenters.